The van der Waals surface area contributed by atoms with Gasteiger partial charge in [0.1, 0.15) is 12.4 Å². The third-order valence-electron chi connectivity index (χ3n) is 2.58. The van der Waals surface area contributed by atoms with Gasteiger partial charge in [0.2, 0.25) is 0 Å². The summed E-state index contributed by atoms with van der Waals surface area (Å²) < 4.78 is 10.5. The van der Waals surface area contributed by atoms with Crippen LogP contribution in [0.4, 0.5) is 5.69 Å². The zero-order chi connectivity index (χ0) is 14.4. The molecule has 1 rings (SSSR count). The first-order chi connectivity index (χ1) is 8.93. The third kappa shape index (κ3) is 4.81. The molecule has 0 aliphatic heterocycles. The molecule has 0 bridgehead atoms. The predicted molar refractivity (Wildman–Crippen MR) is 76.4 cm³/mol. The molecule has 1 aromatic rings. The van der Waals surface area contributed by atoms with Crippen molar-refractivity contribution < 1.29 is 14.3 Å². The minimum atomic E-state index is -0.202. The van der Waals surface area contributed by atoms with Gasteiger partial charge in [-0.05, 0) is 26.0 Å². The lowest BCUT2D eigenvalue weighted by molar-refractivity contribution is -0.148. The van der Waals surface area contributed by atoms with Crippen molar-refractivity contribution in [2.24, 2.45) is 5.92 Å². The van der Waals surface area contributed by atoms with Crippen LogP contribution < -0.4 is 10.1 Å². The Balaban J connectivity index is 2.76. The molecule has 0 unspecified atom stereocenters. The van der Waals surface area contributed by atoms with Gasteiger partial charge in [-0.2, -0.15) is 0 Å². The Morgan fingerprint density at radius 2 is 1.95 bits per heavy atom. The molecule has 0 atom stereocenters. The van der Waals surface area contributed by atoms with E-state index >= 15 is 0 Å². The van der Waals surface area contributed by atoms with Crippen molar-refractivity contribution >= 4 is 11.7 Å². The highest BCUT2D eigenvalue weighted by atomic mass is 16.5. The second-order valence-electron chi connectivity index (χ2n) is 5.09. The first-order valence-corrected chi connectivity index (χ1v) is 6.54. The van der Waals surface area contributed by atoms with Crippen LogP contribution in [-0.2, 0) is 16.1 Å². The molecule has 1 aromatic carbocycles. The van der Waals surface area contributed by atoms with Gasteiger partial charge in [-0.15, -0.1) is 0 Å². The van der Waals surface area contributed by atoms with Gasteiger partial charge in [0.25, 0.3) is 0 Å². The fourth-order valence-corrected chi connectivity index (χ4v) is 1.60. The Labute approximate surface area is 115 Å². The number of rotatable bonds is 6. The lowest BCUT2D eigenvalue weighted by atomic mass is 10.1. The molecule has 106 valence electrons. The predicted octanol–water partition coefficient (Wildman–Crippen LogP) is 3.21. The Morgan fingerprint density at radius 3 is 2.47 bits per heavy atom. The maximum Gasteiger partial charge on any atom is 0.308 e. The van der Waals surface area contributed by atoms with E-state index in [1.165, 1.54) is 0 Å². The number of hydrogen-bond donors (Lipinski definition) is 1. The van der Waals surface area contributed by atoms with E-state index in [9.17, 15) is 4.79 Å². The van der Waals surface area contributed by atoms with Crippen LogP contribution >= 0.6 is 0 Å². The van der Waals surface area contributed by atoms with Crippen molar-refractivity contribution in [3.05, 3.63) is 23.8 Å². The number of ether oxygens (including phenoxy) is 2. The standard InChI is InChI=1S/C15H23NO3/c1-10(2)15(17)19-9-12-6-7-13(16-11(3)4)8-14(12)18-5/h6-8,10-11,16H,9H2,1-5H3. The second-order valence-corrected chi connectivity index (χ2v) is 5.09. The summed E-state index contributed by atoms with van der Waals surface area (Å²) in [5, 5.41) is 3.30. The molecule has 0 saturated heterocycles. The van der Waals surface area contributed by atoms with E-state index < -0.39 is 0 Å². The van der Waals surface area contributed by atoms with Crippen LogP contribution in [0.3, 0.4) is 0 Å². The minimum absolute atomic E-state index is 0.118. The summed E-state index contributed by atoms with van der Waals surface area (Å²) in [5.41, 5.74) is 1.86. The highest BCUT2D eigenvalue weighted by Crippen LogP contribution is 2.24. The van der Waals surface area contributed by atoms with Crippen molar-refractivity contribution in [2.75, 3.05) is 12.4 Å². The lowest BCUT2D eigenvalue weighted by Gasteiger charge is -2.14. The molecule has 0 saturated carbocycles. The van der Waals surface area contributed by atoms with Crippen LogP contribution in [0.2, 0.25) is 0 Å². The first-order valence-electron chi connectivity index (χ1n) is 6.54. The highest BCUT2D eigenvalue weighted by molar-refractivity contribution is 5.71. The van der Waals surface area contributed by atoms with E-state index in [-0.39, 0.29) is 18.5 Å². The maximum absolute atomic E-state index is 11.5. The molecular formula is C15H23NO3. The summed E-state index contributed by atoms with van der Waals surface area (Å²) >= 11 is 0. The van der Waals surface area contributed by atoms with Crippen molar-refractivity contribution in [3.8, 4) is 5.75 Å². The first kappa shape index (κ1) is 15.3. The SMILES string of the molecule is COc1cc(NC(C)C)ccc1COC(=O)C(C)C. The molecule has 4 nitrogen and oxygen atoms in total. The van der Waals surface area contributed by atoms with Crippen molar-refractivity contribution in [1.29, 1.82) is 0 Å². The van der Waals surface area contributed by atoms with E-state index in [2.05, 4.69) is 19.2 Å². The van der Waals surface area contributed by atoms with Gasteiger partial charge >= 0.3 is 5.97 Å². The smallest absolute Gasteiger partial charge is 0.308 e. The van der Waals surface area contributed by atoms with Crippen LogP contribution in [0.5, 0.6) is 5.75 Å². The number of carbonyl (C=O) groups is 1. The summed E-state index contributed by atoms with van der Waals surface area (Å²) in [7, 11) is 1.61. The van der Waals surface area contributed by atoms with Gasteiger partial charge in [-0.1, -0.05) is 13.8 Å². The van der Waals surface area contributed by atoms with Crippen LogP contribution in [0.1, 0.15) is 33.3 Å². The lowest BCUT2D eigenvalue weighted by Crippen LogP contribution is -2.12. The number of hydrogen-bond acceptors (Lipinski definition) is 4. The Hall–Kier alpha value is -1.71. The Kier molecular flexibility index (Phi) is 5.67. The van der Waals surface area contributed by atoms with E-state index in [0.29, 0.717) is 6.04 Å². The number of benzene rings is 1. The topological polar surface area (TPSA) is 47.6 Å². The summed E-state index contributed by atoms with van der Waals surface area (Å²) in [6.45, 7) is 8.02. The second kappa shape index (κ2) is 7.02. The third-order valence-corrected chi connectivity index (χ3v) is 2.58. The molecular weight excluding hydrogens is 242 g/mol. The van der Waals surface area contributed by atoms with Crippen molar-refractivity contribution in [2.45, 2.75) is 40.3 Å². The monoisotopic (exact) mass is 265 g/mol. The largest absolute Gasteiger partial charge is 0.496 e. The van der Waals surface area contributed by atoms with Gasteiger partial charge in [0.15, 0.2) is 0 Å². The summed E-state index contributed by atoms with van der Waals surface area (Å²) in [4.78, 5) is 11.5. The molecule has 0 aliphatic rings. The fourth-order valence-electron chi connectivity index (χ4n) is 1.60. The van der Waals surface area contributed by atoms with Crippen molar-refractivity contribution in [3.63, 3.8) is 0 Å². The van der Waals surface area contributed by atoms with Crippen LogP contribution in [-0.4, -0.2) is 19.1 Å². The zero-order valence-electron chi connectivity index (χ0n) is 12.3. The molecule has 0 aliphatic carbocycles. The normalized spacial score (nSPS) is 10.7. The van der Waals surface area contributed by atoms with Gasteiger partial charge in [0, 0.05) is 23.4 Å². The molecule has 19 heavy (non-hydrogen) atoms. The number of esters is 1. The summed E-state index contributed by atoms with van der Waals surface area (Å²) in [6, 6.07) is 6.14. The molecule has 0 aromatic heterocycles. The Morgan fingerprint density at radius 1 is 1.26 bits per heavy atom. The molecule has 1 N–H and O–H groups in total. The quantitative estimate of drug-likeness (QED) is 0.802. The van der Waals surface area contributed by atoms with E-state index in [1.807, 2.05) is 32.0 Å². The summed E-state index contributed by atoms with van der Waals surface area (Å²) in [6.07, 6.45) is 0. The average Bonchev–Trinajstić information content (AvgIpc) is 2.35. The molecule has 0 fully saturated rings. The van der Waals surface area contributed by atoms with E-state index in [4.69, 9.17) is 9.47 Å². The minimum Gasteiger partial charge on any atom is -0.496 e. The number of anilines is 1. The molecule has 4 heteroatoms. The van der Waals surface area contributed by atoms with Gasteiger partial charge in [-0.3, -0.25) is 4.79 Å². The maximum atomic E-state index is 11.5. The van der Waals surface area contributed by atoms with E-state index in [1.54, 1.807) is 7.11 Å². The van der Waals surface area contributed by atoms with Gasteiger partial charge in [-0.25, -0.2) is 0 Å². The number of nitrogens with one attached hydrogen (secondary N) is 1. The van der Waals surface area contributed by atoms with Gasteiger partial charge in [0.05, 0.1) is 13.0 Å². The van der Waals surface area contributed by atoms with E-state index in [0.717, 1.165) is 17.0 Å². The molecule has 0 radical (unpaired) electrons. The van der Waals surface area contributed by atoms with Gasteiger partial charge < -0.3 is 14.8 Å². The zero-order valence-corrected chi connectivity index (χ0v) is 12.3. The van der Waals surface area contributed by atoms with Crippen LogP contribution in [0.25, 0.3) is 0 Å². The van der Waals surface area contributed by atoms with Crippen LogP contribution in [0.15, 0.2) is 18.2 Å². The molecule has 0 heterocycles. The molecule has 0 amide bonds. The number of carbonyl (C=O) groups excluding carboxylic acids is 1. The highest BCUT2D eigenvalue weighted by Gasteiger charge is 2.11. The number of methoxy groups -OCH3 is 1. The van der Waals surface area contributed by atoms with Crippen LogP contribution in [0, 0.1) is 5.92 Å². The van der Waals surface area contributed by atoms with Crippen molar-refractivity contribution in [1.82, 2.24) is 0 Å². The Bertz CT molecular complexity index is 427. The average molecular weight is 265 g/mol. The fraction of sp³-hybridized carbons (Fsp3) is 0.533. The summed E-state index contributed by atoms with van der Waals surface area (Å²) in [5.74, 6) is 0.404. The molecule has 0 spiro atoms.